The predicted octanol–water partition coefficient (Wildman–Crippen LogP) is 2.91. The fourth-order valence-electron chi connectivity index (χ4n) is 3.28. The van der Waals surface area contributed by atoms with Gasteiger partial charge in [-0.05, 0) is 30.3 Å². The van der Waals surface area contributed by atoms with Crippen molar-refractivity contribution >= 4 is 22.7 Å². The number of hydrogen-bond acceptors (Lipinski definition) is 2. The molecule has 2 aromatic carbocycles. The lowest BCUT2D eigenvalue weighted by Crippen LogP contribution is -2.50. The Labute approximate surface area is 150 Å². The average Bonchev–Trinajstić information content (AvgIpc) is 3.13. The molecule has 2 amide bonds. The molecule has 0 unspecified atom stereocenters. The molecule has 5 nitrogen and oxygen atoms in total. The van der Waals surface area contributed by atoms with Crippen LogP contribution in [0.4, 0.5) is 4.39 Å². The Bertz CT molecular complexity index is 960. The van der Waals surface area contributed by atoms with Crippen molar-refractivity contribution in [2.45, 2.75) is 0 Å². The number of rotatable bonds is 2. The minimum absolute atomic E-state index is 0.0228. The summed E-state index contributed by atoms with van der Waals surface area (Å²) in [6.45, 7) is 1.87. The second kappa shape index (κ2) is 6.63. The molecule has 26 heavy (non-hydrogen) atoms. The van der Waals surface area contributed by atoms with Crippen molar-refractivity contribution in [1.29, 1.82) is 0 Å². The fraction of sp³-hybridized carbons (Fsp3) is 0.200. The molecule has 1 aliphatic rings. The van der Waals surface area contributed by atoms with E-state index in [1.807, 2.05) is 18.2 Å². The molecular weight excluding hydrogens is 333 g/mol. The normalized spacial score (nSPS) is 14.7. The standard InChI is InChI=1S/C20H18FN3O2/c21-16-7-4-8-17-15(16)13-18(22-17)20(26)24-11-9-23(10-12-24)19(25)14-5-2-1-3-6-14/h1-8,13,22H,9-12H2. The zero-order chi connectivity index (χ0) is 18.1. The molecule has 1 aromatic heterocycles. The molecule has 0 bridgehead atoms. The third kappa shape index (κ3) is 2.94. The number of aromatic amines is 1. The molecule has 2 heterocycles. The van der Waals surface area contributed by atoms with Gasteiger partial charge < -0.3 is 14.8 Å². The number of halogens is 1. The van der Waals surface area contributed by atoms with E-state index < -0.39 is 0 Å². The molecule has 3 aromatic rings. The van der Waals surface area contributed by atoms with Gasteiger partial charge in [0.1, 0.15) is 11.5 Å². The van der Waals surface area contributed by atoms with Gasteiger partial charge in [-0.2, -0.15) is 0 Å². The van der Waals surface area contributed by atoms with Crippen LogP contribution in [0.3, 0.4) is 0 Å². The Balaban J connectivity index is 1.44. The molecule has 4 rings (SSSR count). The van der Waals surface area contributed by atoms with Crippen molar-refractivity contribution in [2.24, 2.45) is 0 Å². The van der Waals surface area contributed by atoms with Crippen LogP contribution in [0.5, 0.6) is 0 Å². The summed E-state index contributed by atoms with van der Waals surface area (Å²) in [5.41, 5.74) is 1.62. The molecule has 1 N–H and O–H groups in total. The summed E-state index contributed by atoms with van der Waals surface area (Å²) < 4.78 is 13.8. The van der Waals surface area contributed by atoms with E-state index in [4.69, 9.17) is 0 Å². The van der Waals surface area contributed by atoms with Crippen molar-refractivity contribution in [3.63, 3.8) is 0 Å². The maximum atomic E-state index is 13.8. The van der Waals surface area contributed by atoms with Crippen LogP contribution in [0.2, 0.25) is 0 Å². The Kier molecular flexibility index (Phi) is 4.16. The number of carbonyl (C=O) groups is 2. The van der Waals surface area contributed by atoms with Gasteiger partial charge in [0.2, 0.25) is 0 Å². The monoisotopic (exact) mass is 351 g/mol. The van der Waals surface area contributed by atoms with Crippen LogP contribution < -0.4 is 0 Å². The first-order valence-electron chi connectivity index (χ1n) is 8.54. The van der Waals surface area contributed by atoms with Crippen LogP contribution in [0.25, 0.3) is 10.9 Å². The van der Waals surface area contributed by atoms with Gasteiger partial charge in [-0.1, -0.05) is 24.3 Å². The van der Waals surface area contributed by atoms with E-state index in [0.29, 0.717) is 48.3 Å². The maximum absolute atomic E-state index is 13.8. The number of piperazine rings is 1. The number of hydrogen-bond donors (Lipinski definition) is 1. The lowest BCUT2D eigenvalue weighted by molar-refractivity contribution is 0.0533. The number of nitrogens with zero attached hydrogens (tertiary/aromatic N) is 2. The van der Waals surface area contributed by atoms with Gasteiger partial charge in [0.05, 0.1) is 0 Å². The van der Waals surface area contributed by atoms with Crippen LogP contribution in [0.1, 0.15) is 20.8 Å². The average molecular weight is 351 g/mol. The van der Waals surface area contributed by atoms with Crippen LogP contribution in [-0.4, -0.2) is 52.8 Å². The number of benzene rings is 2. The number of aromatic nitrogens is 1. The molecule has 6 heteroatoms. The first-order valence-corrected chi connectivity index (χ1v) is 8.54. The number of carbonyl (C=O) groups excluding carboxylic acids is 2. The van der Waals surface area contributed by atoms with E-state index in [1.54, 1.807) is 40.1 Å². The van der Waals surface area contributed by atoms with E-state index in [2.05, 4.69) is 4.98 Å². The van der Waals surface area contributed by atoms with E-state index in [9.17, 15) is 14.0 Å². The fourth-order valence-corrected chi connectivity index (χ4v) is 3.28. The maximum Gasteiger partial charge on any atom is 0.270 e. The lowest BCUT2D eigenvalue weighted by Gasteiger charge is -2.34. The van der Waals surface area contributed by atoms with Crippen molar-refractivity contribution in [3.05, 3.63) is 71.7 Å². The second-order valence-electron chi connectivity index (χ2n) is 6.33. The summed E-state index contributed by atoms with van der Waals surface area (Å²) in [4.78, 5) is 31.6. The zero-order valence-corrected chi connectivity index (χ0v) is 14.1. The first kappa shape index (κ1) is 16.3. The summed E-state index contributed by atoms with van der Waals surface area (Å²) in [6.07, 6.45) is 0. The summed E-state index contributed by atoms with van der Waals surface area (Å²) in [7, 11) is 0. The molecule has 1 aliphatic heterocycles. The Morgan fingerprint density at radius 1 is 0.846 bits per heavy atom. The lowest BCUT2D eigenvalue weighted by atomic mass is 10.2. The van der Waals surface area contributed by atoms with Gasteiger partial charge in [-0.25, -0.2) is 4.39 Å². The van der Waals surface area contributed by atoms with Crippen LogP contribution in [-0.2, 0) is 0 Å². The molecule has 0 radical (unpaired) electrons. The second-order valence-corrected chi connectivity index (χ2v) is 6.33. The van der Waals surface area contributed by atoms with Crippen LogP contribution in [0, 0.1) is 5.82 Å². The molecule has 0 aliphatic carbocycles. The Morgan fingerprint density at radius 2 is 1.50 bits per heavy atom. The van der Waals surface area contributed by atoms with Gasteiger partial charge in [0, 0.05) is 42.6 Å². The van der Waals surface area contributed by atoms with Crippen molar-refractivity contribution < 1.29 is 14.0 Å². The van der Waals surface area contributed by atoms with Crippen molar-refractivity contribution in [1.82, 2.24) is 14.8 Å². The first-order chi connectivity index (χ1) is 12.6. The Morgan fingerprint density at radius 3 is 2.15 bits per heavy atom. The summed E-state index contributed by atoms with van der Waals surface area (Å²) in [6, 6.07) is 15.4. The molecule has 1 fully saturated rings. The highest BCUT2D eigenvalue weighted by Gasteiger charge is 2.26. The zero-order valence-electron chi connectivity index (χ0n) is 14.1. The predicted molar refractivity (Wildman–Crippen MR) is 96.5 cm³/mol. The van der Waals surface area contributed by atoms with Gasteiger partial charge >= 0.3 is 0 Å². The number of amides is 2. The van der Waals surface area contributed by atoms with Crippen LogP contribution >= 0.6 is 0 Å². The quantitative estimate of drug-likeness (QED) is 0.772. The molecule has 1 saturated heterocycles. The van der Waals surface area contributed by atoms with Crippen LogP contribution in [0.15, 0.2) is 54.6 Å². The topological polar surface area (TPSA) is 56.4 Å². The minimum atomic E-state index is -0.351. The molecule has 0 atom stereocenters. The van der Waals surface area contributed by atoms with E-state index in [0.717, 1.165) is 0 Å². The van der Waals surface area contributed by atoms with E-state index >= 15 is 0 Å². The minimum Gasteiger partial charge on any atom is -0.350 e. The molecular formula is C20H18FN3O2. The summed E-state index contributed by atoms with van der Waals surface area (Å²) in [5, 5.41) is 0.411. The largest absolute Gasteiger partial charge is 0.350 e. The Hall–Kier alpha value is -3.15. The summed E-state index contributed by atoms with van der Waals surface area (Å²) >= 11 is 0. The van der Waals surface area contributed by atoms with Crippen molar-refractivity contribution in [2.75, 3.05) is 26.2 Å². The van der Waals surface area contributed by atoms with Gasteiger partial charge in [-0.15, -0.1) is 0 Å². The highest BCUT2D eigenvalue weighted by Crippen LogP contribution is 2.20. The molecule has 132 valence electrons. The molecule has 0 saturated carbocycles. The van der Waals surface area contributed by atoms with Crippen molar-refractivity contribution in [3.8, 4) is 0 Å². The van der Waals surface area contributed by atoms with E-state index in [-0.39, 0.29) is 17.6 Å². The molecule has 0 spiro atoms. The van der Waals surface area contributed by atoms with E-state index in [1.165, 1.54) is 6.07 Å². The summed E-state index contributed by atoms with van der Waals surface area (Å²) in [5.74, 6) is -0.547. The SMILES string of the molecule is O=C(c1ccccc1)N1CCN(C(=O)c2cc3c(F)cccc3[nH]2)CC1. The third-order valence-electron chi connectivity index (χ3n) is 4.72. The smallest absolute Gasteiger partial charge is 0.270 e. The highest BCUT2D eigenvalue weighted by molar-refractivity contribution is 5.98. The van der Waals surface area contributed by atoms with Gasteiger partial charge in [0.25, 0.3) is 11.8 Å². The number of fused-ring (bicyclic) bond motifs is 1. The number of H-pyrrole nitrogens is 1. The highest BCUT2D eigenvalue weighted by atomic mass is 19.1. The van der Waals surface area contributed by atoms with Gasteiger partial charge in [-0.3, -0.25) is 9.59 Å². The number of nitrogens with one attached hydrogen (secondary N) is 1. The van der Waals surface area contributed by atoms with Gasteiger partial charge in [0.15, 0.2) is 0 Å². The third-order valence-corrected chi connectivity index (χ3v) is 4.72.